The van der Waals surface area contributed by atoms with Crippen LogP contribution in [0.4, 0.5) is 0 Å². The van der Waals surface area contributed by atoms with Gasteiger partial charge in [0.05, 0.1) is 0 Å². The van der Waals surface area contributed by atoms with Crippen molar-refractivity contribution in [1.82, 2.24) is 0 Å². The van der Waals surface area contributed by atoms with E-state index in [0.29, 0.717) is 0 Å². The third kappa shape index (κ3) is 3.04. The molecule has 8 rings (SSSR count). The summed E-state index contributed by atoms with van der Waals surface area (Å²) in [6.07, 6.45) is 0. The van der Waals surface area contributed by atoms with E-state index in [1.54, 1.807) is 0 Å². The molecule has 0 amide bonds. The van der Waals surface area contributed by atoms with Gasteiger partial charge in [0.2, 0.25) is 0 Å². The molecule has 38 heavy (non-hydrogen) atoms. The molecule has 176 valence electrons. The smallest absolute Gasteiger partial charge is 0.00199 e. The van der Waals surface area contributed by atoms with Gasteiger partial charge in [0.25, 0.3) is 0 Å². The highest BCUT2D eigenvalue weighted by Crippen LogP contribution is 2.47. The third-order valence-electron chi connectivity index (χ3n) is 8.03. The van der Waals surface area contributed by atoms with Crippen LogP contribution in [0.3, 0.4) is 0 Å². The number of rotatable bonds is 2. The first kappa shape index (κ1) is 21.2. The van der Waals surface area contributed by atoms with E-state index in [0.717, 1.165) is 0 Å². The van der Waals surface area contributed by atoms with Crippen LogP contribution < -0.4 is 0 Å². The SMILES string of the molecule is c1ccc2c(-c3c4ccccc4c(-c4cc5ccccc5c5ccccc45)c4ccccc34)cccc2c1. The molecule has 0 aromatic heterocycles. The van der Waals surface area contributed by atoms with Crippen LogP contribution in [0, 0.1) is 0 Å². The van der Waals surface area contributed by atoms with Crippen molar-refractivity contribution in [2.24, 2.45) is 0 Å². The summed E-state index contributed by atoms with van der Waals surface area (Å²) in [5.74, 6) is 0. The van der Waals surface area contributed by atoms with Gasteiger partial charge in [0.1, 0.15) is 0 Å². The van der Waals surface area contributed by atoms with Gasteiger partial charge in [-0.05, 0) is 82.2 Å². The van der Waals surface area contributed by atoms with Crippen LogP contribution in [0.5, 0.6) is 0 Å². The molecular formula is C38H24. The highest BCUT2D eigenvalue weighted by Gasteiger charge is 2.19. The van der Waals surface area contributed by atoms with Crippen LogP contribution in [0.15, 0.2) is 146 Å². The zero-order valence-corrected chi connectivity index (χ0v) is 20.9. The summed E-state index contributed by atoms with van der Waals surface area (Å²) in [4.78, 5) is 0. The predicted octanol–water partition coefficient (Wildman–Crippen LogP) is 10.8. The molecule has 0 aliphatic rings. The number of hydrogen-bond acceptors (Lipinski definition) is 0. The summed E-state index contributed by atoms with van der Waals surface area (Å²) in [6, 6.07) is 53.3. The second-order valence-corrected chi connectivity index (χ2v) is 10.1. The van der Waals surface area contributed by atoms with Crippen LogP contribution in [-0.2, 0) is 0 Å². The fraction of sp³-hybridized carbons (Fsp3) is 0. The summed E-state index contributed by atoms with van der Waals surface area (Å²) in [5.41, 5.74) is 5.19. The minimum absolute atomic E-state index is 1.27. The fourth-order valence-electron chi connectivity index (χ4n) is 6.41. The molecular weight excluding hydrogens is 456 g/mol. The first-order valence-corrected chi connectivity index (χ1v) is 13.2. The predicted molar refractivity (Wildman–Crippen MR) is 165 cm³/mol. The summed E-state index contributed by atoms with van der Waals surface area (Å²) >= 11 is 0. The lowest BCUT2D eigenvalue weighted by atomic mass is 9.83. The van der Waals surface area contributed by atoms with Gasteiger partial charge in [-0.15, -0.1) is 0 Å². The monoisotopic (exact) mass is 480 g/mol. The minimum Gasteiger partial charge on any atom is -0.0616 e. The van der Waals surface area contributed by atoms with Crippen molar-refractivity contribution in [3.8, 4) is 22.3 Å². The molecule has 0 saturated carbocycles. The molecule has 8 aromatic carbocycles. The molecule has 8 aromatic rings. The zero-order valence-electron chi connectivity index (χ0n) is 20.9. The maximum absolute atomic E-state index is 2.39. The molecule has 0 bridgehead atoms. The van der Waals surface area contributed by atoms with Crippen molar-refractivity contribution in [2.75, 3.05) is 0 Å². The Hall–Kier alpha value is -4.94. The third-order valence-corrected chi connectivity index (χ3v) is 8.03. The van der Waals surface area contributed by atoms with E-state index < -0.39 is 0 Å². The maximum Gasteiger partial charge on any atom is -0.00199 e. The molecule has 0 heterocycles. The standard InChI is InChI=1S/C38H24/c1-3-15-27-25(12-1)14-11-23-31(27)37-32-19-7-9-21-34(32)38(35-22-10-8-20-33(35)37)36-24-26-13-2-4-16-28(26)29-17-5-6-18-30(29)36/h1-24H. The van der Waals surface area contributed by atoms with Crippen molar-refractivity contribution in [3.05, 3.63) is 146 Å². The van der Waals surface area contributed by atoms with Crippen LogP contribution in [0.25, 0.3) is 76.1 Å². The van der Waals surface area contributed by atoms with Gasteiger partial charge >= 0.3 is 0 Å². The summed E-state index contributed by atoms with van der Waals surface area (Å²) < 4.78 is 0. The lowest BCUT2D eigenvalue weighted by Crippen LogP contribution is -1.92. The Kier molecular flexibility index (Phi) is 4.62. The van der Waals surface area contributed by atoms with E-state index in [9.17, 15) is 0 Å². The lowest BCUT2D eigenvalue weighted by Gasteiger charge is -2.20. The van der Waals surface area contributed by atoms with Gasteiger partial charge in [0, 0.05) is 0 Å². The van der Waals surface area contributed by atoms with Gasteiger partial charge < -0.3 is 0 Å². The quantitative estimate of drug-likeness (QED) is 0.170. The highest BCUT2D eigenvalue weighted by atomic mass is 14.2. The number of fused-ring (bicyclic) bond motifs is 6. The van der Waals surface area contributed by atoms with Crippen LogP contribution in [-0.4, -0.2) is 0 Å². The molecule has 0 radical (unpaired) electrons. The van der Waals surface area contributed by atoms with Gasteiger partial charge in [-0.1, -0.05) is 140 Å². The Bertz CT molecular complexity index is 2120. The van der Waals surface area contributed by atoms with Gasteiger partial charge in [-0.2, -0.15) is 0 Å². The van der Waals surface area contributed by atoms with E-state index >= 15 is 0 Å². The average Bonchev–Trinajstić information content (AvgIpc) is 2.99. The van der Waals surface area contributed by atoms with Crippen molar-refractivity contribution in [1.29, 1.82) is 0 Å². The van der Waals surface area contributed by atoms with Gasteiger partial charge in [0.15, 0.2) is 0 Å². The van der Waals surface area contributed by atoms with E-state index in [1.165, 1.54) is 76.1 Å². The summed E-state index contributed by atoms with van der Waals surface area (Å²) in [6.45, 7) is 0. The average molecular weight is 481 g/mol. The molecule has 0 fully saturated rings. The molecule has 0 aliphatic heterocycles. The maximum atomic E-state index is 2.39. The summed E-state index contributed by atoms with van der Waals surface area (Å²) in [5, 5.41) is 12.9. The zero-order chi connectivity index (χ0) is 25.1. The second kappa shape index (κ2) is 8.30. The first-order chi connectivity index (χ1) is 18.9. The molecule has 0 N–H and O–H groups in total. The van der Waals surface area contributed by atoms with Crippen molar-refractivity contribution in [3.63, 3.8) is 0 Å². The molecule has 0 aliphatic carbocycles. The topological polar surface area (TPSA) is 0 Å². The Morgan fingerprint density at radius 2 is 0.658 bits per heavy atom. The fourth-order valence-corrected chi connectivity index (χ4v) is 6.41. The Labute approximate surface area is 221 Å². The Balaban J connectivity index is 1.59. The lowest BCUT2D eigenvalue weighted by molar-refractivity contribution is 1.69. The highest BCUT2D eigenvalue weighted by molar-refractivity contribution is 6.26. The van der Waals surface area contributed by atoms with E-state index in [4.69, 9.17) is 0 Å². The largest absolute Gasteiger partial charge is 0.0616 e. The molecule has 0 spiro atoms. The van der Waals surface area contributed by atoms with Crippen LogP contribution >= 0.6 is 0 Å². The number of benzene rings is 8. The van der Waals surface area contributed by atoms with E-state index in [2.05, 4.69) is 146 Å². The van der Waals surface area contributed by atoms with E-state index in [1.807, 2.05) is 0 Å². The van der Waals surface area contributed by atoms with E-state index in [-0.39, 0.29) is 0 Å². The molecule has 0 saturated heterocycles. The molecule has 0 unspecified atom stereocenters. The van der Waals surface area contributed by atoms with Crippen LogP contribution in [0.1, 0.15) is 0 Å². The Morgan fingerprint density at radius 3 is 1.29 bits per heavy atom. The van der Waals surface area contributed by atoms with Gasteiger partial charge in [-0.25, -0.2) is 0 Å². The van der Waals surface area contributed by atoms with Crippen molar-refractivity contribution >= 4 is 53.9 Å². The second-order valence-electron chi connectivity index (χ2n) is 10.1. The number of hydrogen-bond donors (Lipinski definition) is 0. The summed E-state index contributed by atoms with van der Waals surface area (Å²) in [7, 11) is 0. The molecule has 0 heteroatoms. The van der Waals surface area contributed by atoms with Crippen molar-refractivity contribution < 1.29 is 0 Å². The molecule has 0 nitrogen and oxygen atoms in total. The Morgan fingerprint density at radius 1 is 0.237 bits per heavy atom. The minimum atomic E-state index is 1.27. The molecule has 0 atom stereocenters. The normalized spacial score (nSPS) is 11.7. The van der Waals surface area contributed by atoms with Crippen LogP contribution in [0.2, 0.25) is 0 Å². The van der Waals surface area contributed by atoms with Gasteiger partial charge in [-0.3, -0.25) is 0 Å². The van der Waals surface area contributed by atoms with Crippen molar-refractivity contribution in [2.45, 2.75) is 0 Å². The first-order valence-electron chi connectivity index (χ1n) is 13.2.